The van der Waals surface area contributed by atoms with E-state index in [0.29, 0.717) is 12.5 Å². The van der Waals surface area contributed by atoms with E-state index in [1.54, 1.807) is 29.7 Å². The van der Waals surface area contributed by atoms with Crippen LogP contribution in [-0.2, 0) is 17.6 Å². The second-order valence-corrected chi connectivity index (χ2v) is 6.28. The van der Waals surface area contributed by atoms with Gasteiger partial charge in [0.05, 0.1) is 11.4 Å². The zero-order chi connectivity index (χ0) is 14.7. The maximum atomic E-state index is 12.9. The molecule has 0 saturated heterocycles. The van der Waals surface area contributed by atoms with Crippen LogP contribution in [0.4, 0.5) is 4.39 Å². The van der Waals surface area contributed by atoms with E-state index < -0.39 is 0 Å². The molecule has 5 heteroatoms. The van der Waals surface area contributed by atoms with Gasteiger partial charge < -0.3 is 4.90 Å². The zero-order valence-electron chi connectivity index (χ0n) is 11.7. The Morgan fingerprint density at radius 2 is 2.10 bits per heavy atom. The molecule has 0 aliphatic heterocycles. The average Bonchev–Trinajstić information content (AvgIpc) is 3.17. The zero-order valence-corrected chi connectivity index (χ0v) is 12.5. The molecule has 1 fully saturated rings. The van der Waals surface area contributed by atoms with Crippen LogP contribution >= 0.6 is 11.3 Å². The van der Waals surface area contributed by atoms with Gasteiger partial charge in [0.2, 0.25) is 5.91 Å². The minimum absolute atomic E-state index is 0.126. The summed E-state index contributed by atoms with van der Waals surface area (Å²) in [5, 5.41) is 3.02. The van der Waals surface area contributed by atoms with Gasteiger partial charge in [-0.3, -0.25) is 4.79 Å². The topological polar surface area (TPSA) is 33.2 Å². The van der Waals surface area contributed by atoms with Gasteiger partial charge in [0.25, 0.3) is 0 Å². The number of aromatic nitrogens is 1. The minimum atomic E-state index is -0.269. The lowest BCUT2D eigenvalue weighted by molar-refractivity contribution is -0.131. The summed E-state index contributed by atoms with van der Waals surface area (Å²) in [4.78, 5) is 18.7. The third-order valence-corrected chi connectivity index (χ3v) is 4.47. The first-order valence-electron chi connectivity index (χ1n) is 7.14. The average molecular weight is 304 g/mol. The molecule has 110 valence electrons. The number of carbonyl (C=O) groups excluding carboxylic acids is 1. The van der Waals surface area contributed by atoms with Crippen LogP contribution in [0.5, 0.6) is 0 Å². The monoisotopic (exact) mass is 304 g/mol. The Bertz CT molecular complexity index is 593. The molecule has 0 atom stereocenters. The third-order valence-electron chi connectivity index (χ3n) is 3.63. The van der Waals surface area contributed by atoms with Gasteiger partial charge >= 0.3 is 0 Å². The number of carbonyl (C=O) groups is 1. The van der Waals surface area contributed by atoms with Gasteiger partial charge in [-0.2, -0.15) is 0 Å². The molecule has 1 aromatic heterocycles. The molecule has 1 saturated carbocycles. The molecule has 1 amide bonds. The first-order valence-corrected chi connectivity index (χ1v) is 8.02. The molecule has 1 heterocycles. The van der Waals surface area contributed by atoms with E-state index in [2.05, 4.69) is 4.98 Å². The standard InChI is InChI=1S/C16H17FN2OS/c17-13-3-1-12(2-4-13)11-16(20)19(14-5-6-14)9-7-15-18-8-10-21-15/h1-4,8,10,14H,5-7,9,11H2. The molecule has 0 radical (unpaired) electrons. The fourth-order valence-corrected chi connectivity index (χ4v) is 2.98. The number of hydrogen-bond donors (Lipinski definition) is 0. The van der Waals surface area contributed by atoms with Crippen molar-refractivity contribution in [2.75, 3.05) is 6.54 Å². The molecule has 0 spiro atoms. The molecular formula is C16H17FN2OS. The number of hydrogen-bond acceptors (Lipinski definition) is 3. The van der Waals surface area contributed by atoms with E-state index in [9.17, 15) is 9.18 Å². The van der Waals surface area contributed by atoms with E-state index in [4.69, 9.17) is 0 Å². The first-order chi connectivity index (χ1) is 10.2. The summed E-state index contributed by atoms with van der Waals surface area (Å²) in [6, 6.07) is 6.55. The molecule has 3 rings (SSSR count). The Morgan fingerprint density at radius 1 is 1.33 bits per heavy atom. The van der Waals surface area contributed by atoms with Gasteiger partial charge in [-0.15, -0.1) is 11.3 Å². The van der Waals surface area contributed by atoms with Crippen molar-refractivity contribution in [2.24, 2.45) is 0 Å². The molecule has 0 N–H and O–H groups in total. The van der Waals surface area contributed by atoms with E-state index in [-0.39, 0.29) is 11.7 Å². The Balaban J connectivity index is 1.60. The lowest BCUT2D eigenvalue weighted by atomic mass is 10.1. The van der Waals surface area contributed by atoms with Crippen molar-refractivity contribution >= 4 is 17.2 Å². The van der Waals surface area contributed by atoms with Crippen LogP contribution < -0.4 is 0 Å². The SMILES string of the molecule is O=C(Cc1ccc(F)cc1)N(CCc1nccs1)C1CC1. The van der Waals surface area contributed by atoms with Gasteiger partial charge in [0.15, 0.2) is 0 Å². The van der Waals surface area contributed by atoms with Crippen molar-refractivity contribution in [2.45, 2.75) is 31.7 Å². The molecule has 1 aromatic carbocycles. The van der Waals surface area contributed by atoms with Crippen LogP contribution in [0.1, 0.15) is 23.4 Å². The van der Waals surface area contributed by atoms with Gasteiger partial charge in [-0.1, -0.05) is 12.1 Å². The minimum Gasteiger partial charge on any atom is -0.339 e. The van der Waals surface area contributed by atoms with Crippen LogP contribution in [0.3, 0.4) is 0 Å². The Morgan fingerprint density at radius 3 is 2.71 bits per heavy atom. The quantitative estimate of drug-likeness (QED) is 0.822. The summed E-state index contributed by atoms with van der Waals surface area (Å²) >= 11 is 1.62. The highest BCUT2D eigenvalue weighted by Crippen LogP contribution is 2.27. The highest BCUT2D eigenvalue weighted by Gasteiger charge is 2.32. The van der Waals surface area contributed by atoms with Gasteiger partial charge in [-0.05, 0) is 30.5 Å². The first kappa shape index (κ1) is 14.2. The van der Waals surface area contributed by atoms with Gasteiger partial charge in [-0.25, -0.2) is 9.37 Å². The lowest BCUT2D eigenvalue weighted by Crippen LogP contribution is -2.36. The van der Waals surface area contributed by atoms with Crippen LogP contribution in [0.15, 0.2) is 35.8 Å². The summed E-state index contributed by atoms with van der Waals surface area (Å²) in [5.41, 5.74) is 0.862. The van der Waals surface area contributed by atoms with E-state index in [0.717, 1.165) is 36.4 Å². The maximum absolute atomic E-state index is 12.9. The second kappa shape index (κ2) is 6.35. The molecule has 2 aromatic rings. The van der Waals surface area contributed by atoms with Gasteiger partial charge in [0.1, 0.15) is 5.82 Å². The van der Waals surface area contributed by atoms with Crippen molar-refractivity contribution in [3.8, 4) is 0 Å². The Kier molecular flexibility index (Phi) is 4.29. The van der Waals surface area contributed by atoms with Gasteiger partial charge in [0, 0.05) is 30.6 Å². The number of nitrogens with zero attached hydrogens (tertiary/aromatic N) is 2. The largest absolute Gasteiger partial charge is 0.339 e. The number of amides is 1. The van der Waals surface area contributed by atoms with Crippen molar-refractivity contribution < 1.29 is 9.18 Å². The number of halogens is 1. The third kappa shape index (κ3) is 3.88. The lowest BCUT2D eigenvalue weighted by Gasteiger charge is -2.22. The maximum Gasteiger partial charge on any atom is 0.227 e. The summed E-state index contributed by atoms with van der Waals surface area (Å²) < 4.78 is 12.9. The van der Waals surface area contributed by atoms with Crippen LogP contribution in [0, 0.1) is 5.82 Å². The number of benzene rings is 1. The fourth-order valence-electron chi connectivity index (χ4n) is 2.37. The number of rotatable bonds is 6. The molecular weight excluding hydrogens is 287 g/mol. The highest BCUT2D eigenvalue weighted by atomic mass is 32.1. The molecule has 21 heavy (non-hydrogen) atoms. The second-order valence-electron chi connectivity index (χ2n) is 5.30. The van der Waals surface area contributed by atoms with E-state index in [1.165, 1.54) is 12.1 Å². The van der Waals surface area contributed by atoms with Crippen molar-refractivity contribution in [1.82, 2.24) is 9.88 Å². The highest BCUT2D eigenvalue weighted by molar-refractivity contribution is 7.09. The molecule has 1 aliphatic rings. The summed E-state index contributed by atoms with van der Waals surface area (Å²) in [5.74, 6) is -0.144. The Hall–Kier alpha value is -1.75. The predicted octanol–water partition coefficient (Wildman–Crippen LogP) is 3.06. The number of thiazole rings is 1. The van der Waals surface area contributed by atoms with Crippen molar-refractivity contribution in [1.29, 1.82) is 0 Å². The van der Waals surface area contributed by atoms with Crippen LogP contribution in [0.25, 0.3) is 0 Å². The van der Waals surface area contributed by atoms with Crippen molar-refractivity contribution in [3.63, 3.8) is 0 Å². The molecule has 3 nitrogen and oxygen atoms in total. The predicted molar refractivity (Wildman–Crippen MR) is 80.7 cm³/mol. The van der Waals surface area contributed by atoms with Crippen LogP contribution in [0.2, 0.25) is 0 Å². The molecule has 0 bridgehead atoms. The molecule has 1 aliphatic carbocycles. The fraction of sp³-hybridized carbons (Fsp3) is 0.375. The van der Waals surface area contributed by atoms with E-state index >= 15 is 0 Å². The summed E-state index contributed by atoms with van der Waals surface area (Å²) in [6.07, 6.45) is 5.12. The van der Waals surface area contributed by atoms with Crippen molar-refractivity contribution in [3.05, 3.63) is 52.2 Å². The smallest absolute Gasteiger partial charge is 0.227 e. The summed E-state index contributed by atoms with van der Waals surface area (Å²) in [7, 11) is 0. The van der Waals surface area contributed by atoms with E-state index in [1.807, 2.05) is 10.3 Å². The Labute approximate surface area is 127 Å². The normalized spacial score (nSPS) is 14.1. The molecule has 0 unspecified atom stereocenters. The van der Waals surface area contributed by atoms with Crippen LogP contribution in [-0.4, -0.2) is 28.4 Å². The summed E-state index contributed by atoms with van der Waals surface area (Å²) in [6.45, 7) is 0.720.